The fourth-order valence-electron chi connectivity index (χ4n) is 3.67. The van der Waals surface area contributed by atoms with E-state index in [0.717, 1.165) is 36.9 Å². The predicted molar refractivity (Wildman–Crippen MR) is 132 cm³/mol. The van der Waals surface area contributed by atoms with Gasteiger partial charge in [-0.05, 0) is 75.5 Å². The van der Waals surface area contributed by atoms with Gasteiger partial charge in [0.1, 0.15) is 5.82 Å². The predicted octanol–water partition coefficient (Wildman–Crippen LogP) is 4.93. The lowest BCUT2D eigenvalue weighted by Crippen LogP contribution is -2.40. The van der Waals surface area contributed by atoms with E-state index < -0.39 is 11.7 Å². The summed E-state index contributed by atoms with van der Waals surface area (Å²) >= 11 is 1.56. The summed E-state index contributed by atoms with van der Waals surface area (Å²) in [5.74, 6) is -1.66. The van der Waals surface area contributed by atoms with E-state index in [2.05, 4.69) is 22.1 Å². The molecule has 3 N–H and O–H groups in total. The number of halogens is 1. The van der Waals surface area contributed by atoms with Gasteiger partial charge in [0, 0.05) is 16.4 Å². The van der Waals surface area contributed by atoms with Crippen LogP contribution in [-0.4, -0.2) is 41.6 Å². The highest BCUT2D eigenvalue weighted by atomic mass is 32.1. The number of carbonyl (C=O) groups excluding carboxylic acids is 2. The molecule has 1 aromatic heterocycles. The van der Waals surface area contributed by atoms with Gasteiger partial charge >= 0.3 is 0 Å². The van der Waals surface area contributed by atoms with E-state index in [1.165, 1.54) is 12.1 Å². The third-order valence-electron chi connectivity index (χ3n) is 5.68. The summed E-state index contributed by atoms with van der Waals surface area (Å²) in [7, 11) is 0. The minimum absolute atomic E-state index is 0.0333. The second-order valence-corrected chi connectivity index (χ2v) is 9.02. The van der Waals surface area contributed by atoms with E-state index in [1.54, 1.807) is 37.3 Å². The van der Waals surface area contributed by atoms with Gasteiger partial charge in [-0.3, -0.25) is 14.5 Å². The maximum absolute atomic E-state index is 14.7. The molecule has 2 aromatic rings. The van der Waals surface area contributed by atoms with E-state index in [0.29, 0.717) is 5.70 Å². The largest absolute Gasteiger partial charge is 0.322 e. The van der Waals surface area contributed by atoms with Crippen molar-refractivity contribution >= 4 is 34.6 Å². The first-order valence-corrected chi connectivity index (χ1v) is 11.8. The van der Waals surface area contributed by atoms with Crippen molar-refractivity contribution in [1.82, 2.24) is 10.2 Å². The van der Waals surface area contributed by atoms with E-state index in [-0.39, 0.29) is 34.8 Å². The molecular weight excluding hydrogens is 439 g/mol. The molecular formula is C25H29FN4O2S. The second-order valence-electron chi connectivity index (χ2n) is 8.04. The fraction of sp³-hybridized carbons (Fsp3) is 0.320. The maximum Gasteiger partial charge on any atom is 0.255 e. The number of likely N-dealkylation sites (tertiary alicyclic amines) is 1. The highest BCUT2D eigenvalue weighted by Gasteiger charge is 2.24. The SMILES string of the molecule is C=CC(/C=C(/NC(=O)c1ccc(NC(=O)C(C)N2CCCC2)c(F)c1)C(C)=N)c1cccs1. The molecule has 0 aliphatic carbocycles. The monoisotopic (exact) mass is 468 g/mol. The summed E-state index contributed by atoms with van der Waals surface area (Å²) in [6.07, 6.45) is 5.61. The Labute approximate surface area is 197 Å². The average Bonchev–Trinajstić information content (AvgIpc) is 3.51. The Hall–Kier alpha value is -3.10. The van der Waals surface area contributed by atoms with Crippen LogP contribution in [0, 0.1) is 11.2 Å². The number of nitrogens with zero attached hydrogens (tertiary/aromatic N) is 1. The third kappa shape index (κ3) is 6.24. The summed E-state index contributed by atoms with van der Waals surface area (Å²) in [6.45, 7) is 8.94. The molecule has 1 fully saturated rings. The quantitative estimate of drug-likeness (QED) is 0.360. The molecule has 2 atom stereocenters. The van der Waals surface area contributed by atoms with Crippen molar-refractivity contribution in [2.75, 3.05) is 18.4 Å². The van der Waals surface area contributed by atoms with Crippen molar-refractivity contribution in [1.29, 1.82) is 5.41 Å². The number of hydrogen-bond acceptors (Lipinski definition) is 5. The molecule has 33 heavy (non-hydrogen) atoms. The minimum Gasteiger partial charge on any atom is -0.322 e. The zero-order valence-corrected chi connectivity index (χ0v) is 19.7. The smallest absolute Gasteiger partial charge is 0.255 e. The van der Waals surface area contributed by atoms with Crippen molar-refractivity contribution in [2.24, 2.45) is 0 Å². The highest BCUT2D eigenvalue weighted by molar-refractivity contribution is 7.10. The number of hydrogen-bond donors (Lipinski definition) is 3. The van der Waals surface area contributed by atoms with E-state index in [4.69, 9.17) is 5.41 Å². The molecule has 6 nitrogen and oxygen atoms in total. The fourth-order valence-corrected chi connectivity index (χ4v) is 4.46. The molecule has 1 aliphatic heterocycles. The van der Waals surface area contributed by atoms with Crippen molar-refractivity contribution in [3.05, 3.63) is 76.4 Å². The normalized spacial score (nSPS) is 16.2. The van der Waals surface area contributed by atoms with Gasteiger partial charge in [-0.15, -0.1) is 17.9 Å². The van der Waals surface area contributed by atoms with Crippen LogP contribution in [0.2, 0.25) is 0 Å². The van der Waals surface area contributed by atoms with Crippen molar-refractivity contribution < 1.29 is 14.0 Å². The number of carbonyl (C=O) groups is 2. The molecule has 8 heteroatoms. The molecule has 0 spiro atoms. The Bertz CT molecular complexity index is 1060. The zero-order chi connectivity index (χ0) is 24.0. The van der Waals surface area contributed by atoms with Gasteiger partial charge in [-0.25, -0.2) is 4.39 Å². The van der Waals surface area contributed by atoms with Gasteiger partial charge in [0.25, 0.3) is 5.91 Å². The number of nitrogens with one attached hydrogen (secondary N) is 3. The van der Waals surface area contributed by atoms with Gasteiger partial charge in [0.2, 0.25) is 5.91 Å². The van der Waals surface area contributed by atoms with E-state index >= 15 is 0 Å². The molecule has 3 rings (SSSR count). The van der Waals surface area contributed by atoms with Gasteiger partial charge in [0.05, 0.1) is 23.1 Å². The van der Waals surface area contributed by atoms with Gasteiger partial charge in [-0.1, -0.05) is 12.1 Å². The number of thiophene rings is 1. The van der Waals surface area contributed by atoms with Crippen LogP contribution in [0.25, 0.3) is 0 Å². The van der Waals surface area contributed by atoms with Crippen LogP contribution < -0.4 is 10.6 Å². The molecule has 0 saturated carbocycles. The Morgan fingerprint density at radius 1 is 1.27 bits per heavy atom. The van der Waals surface area contributed by atoms with Crippen LogP contribution in [0.4, 0.5) is 10.1 Å². The molecule has 1 aliphatic rings. The van der Waals surface area contributed by atoms with Crippen molar-refractivity contribution in [2.45, 2.75) is 38.6 Å². The lowest BCUT2D eigenvalue weighted by molar-refractivity contribution is -0.120. The van der Waals surface area contributed by atoms with Crippen LogP contribution in [0.3, 0.4) is 0 Å². The molecule has 0 radical (unpaired) electrons. The Balaban J connectivity index is 1.70. The van der Waals surface area contributed by atoms with Crippen LogP contribution in [0.1, 0.15) is 47.8 Å². The summed E-state index contributed by atoms with van der Waals surface area (Å²) in [5.41, 5.74) is 0.630. The van der Waals surface area contributed by atoms with Crippen molar-refractivity contribution in [3.8, 4) is 0 Å². The zero-order valence-electron chi connectivity index (χ0n) is 18.9. The molecule has 174 valence electrons. The van der Waals surface area contributed by atoms with Crippen LogP contribution in [0.15, 0.2) is 60.1 Å². The summed E-state index contributed by atoms with van der Waals surface area (Å²) in [6, 6.07) is 7.47. The topological polar surface area (TPSA) is 85.3 Å². The van der Waals surface area contributed by atoms with Crippen LogP contribution in [-0.2, 0) is 4.79 Å². The first-order valence-electron chi connectivity index (χ1n) is 10.9. The summed E-state index contributed by atoms with van der Waals surface area (Å²) < 4.78 is 14.7. The van der Waals surface area contributed by atoms with Crippen LogP contribution >= 0.6 is 11.3 Å². The first-order chi connectivity index (χ1) is 15.8. The van der Waals surface area contributed by atoms with Crippen LogP contribution in [0.5, 0.6) is 0 Å². The van der Waals surface area contributed by atoms with Gasteiger partial charge in [-0.2, -0.15) is 0 Å². The average molecular weight is 469 g/mol. The number of rotatable bonds is 9. The minimum atomic E-state index is -0.690. The number of allylic oxidation sites excluding steroid dienone is 3. The molecule has 1 aromatic carbocycles. The Kier molecular flexibility index (Phi) is 8.30. The number of amides is 2. The standard InChI is InChI=1S/C25H29FN4O2S/c1-4-18(23-8-7-13-33-23)15-22(16(2)27)29-25(32)19-9-10-21(20(26)14-19)28-24(31)17(3)30-11-5-6-12-30/h4,7-10,13-15,17-18,27H,1,5-6,11-12H2,2-3H3,(H,28,31)(H,29,32)/b22-15+,27-16?. The third-order valence-corrected chi connectivity index (χ3v) is 6.65. The highest BCUT2D eigenvalue weighted by Crippen LogP contribution is 2.25. The van der Waals surface area contributed by atoms with E-state index in [9.17, 15) is 14.0 Å². The lowest BCUT2D eigenvalue weighted by atomic mass is 10.0. The van der Waals surface area contributed by atoms with Gasteiger partial charge in [0.15, 0.2) is 0 Å². The van der Waals surface area contributed by atoms with Gasteiger partial charge < -0.3 is 16.0 Å². The van der Waals surface area contributed by atoms with E-state index in [1.807, 2.05) is 17.5 Å². The molecule has 1 saturated heterocycles. The lowest BCUT2D eigenvalue weighted by Gasteiger charge is -2.22. The Morgan fingerprint density at radius 3 is 2.58 bits per heavy atom. The number of benzene rings is 1. The molecule has 2 unspecified atom stereocenters. The van der Waals surface area contributed by atoms with Crippen molar-refractivity contribution in [3.63, 3.8) is 0 Å². The second kappa shape index (κ2) is 11.2. The molecule has 2 amide bonds. The molecule has 2 heterocycles. The first kappa shape index (κ1) is 24.5. The Morgan fingerprint density at radius 2 is 2.00 bits per heavy atom. The number of anilines is 1. The summed E-state index contributed by atoms with van der Waals surface area (Å²) in [5, 5.41) is 15.3. The maximum atomic E-state index is 14.7. The summed E-state index contributed by atoms with van der Waals surface area (Å²) in [4.78, 5) is 28.3. The molecule has 0 bridgehead atoms.